The lowest BCUT2D eigenvalue weighted by molar-refractivity contribution is -0.143. The lowest BCUT2D eigenvalue weighted by Gasteiger charge is -2.24. The smallest absolute Gasteiger partial charge is 0.320 e. The maximum Gasteiger partial charge on any atom is 0.320 e. The average molecular weight is 217 g/mol. The number of carbonyl (C=O) groups is 1. The molecule has 90 valence electrons. The molecule has 0 amide bonds. The minimum Gasteiger partial charge on any atom is -0.480 e. The predicted molar refractivity (Wildman–Crippen MR) is 60.0 cm³/mol. The number of aliphatic carboxylic acids is 1. The highest BCUT2D eigenvalue weighted by Gasteiger charge is 2.20. The predicted octanol–water partition coefficient (Wildman–Crippen LogP) is 1.60. The van der Waals surface area contributed by atoms with Gasteiger partial charge >= 0.3 is 5.97 Å². The third-order valence-corrected chi connectivity index (χ3v) is 2.27. The molecule has 1 unspecified atom stereocenters. The Bertz CT molecular complexity index is 183. The van der Waals surface area contributed by atoms with Crippen molar-refractivity contribution in [3.8, 4) is 0 Å². The molecular weight excluding hydrogens is 194 g/mol. The minimum atomic E-state index is -0.746. The Morgan fingerprint density at radius 2 is 2.07 bits per heavy atom. The summed E-state index contributed by atoms with van der Waals surface area (Å²) in [6.07, 6.45) is 1.77. The topological polar surface area (TPSA) is 49.8 Å². The molecule has 0 radical (unpaired) electrons. The van der Waals surface area contributed by atoms with Gasteiger partial charge < -0.3 is 9.84 Å². The first-order valence-corrected chi connectivity index (χ1v) is 5.53. The van der Waals surface area contributed by atoms with Crippen LogP contribution in [0.5, 0.6) is 0 Å². The second-order valence-corrected chi connectivity index (χ2v) is 4.04. The molecule has 0 aliphatic heterocycles. The summed E-state index contributed by atoms with van der Waals surface area (Å²) in [5.74, 6) is -0.746. The molecule has 4 heteroatoms. The third-order valence-electron chi connectivity index (χ3n) is 2.27. The fraction of sp³-hybridized carbons (Fsp3) is 0.909. The number of nitrogens with zero attached hydrogens (tertiary/aromatic N) is 1. The van der Waals surface area contributed by atoms with E-state index in [-0.39, 0.29) is 12.1 Å². The van der Waals surface area contributed by atoms with Gasteiger partial charge in [0, 0.05) is 6.54 Å². The van der Waals surface area contributed by atoms with E-state index >= 15 is 0 Å². The highest BCUT2D eigenvalue weighted by atomic mass is 16.5. The number of carboxylic acid groups (broad SMARTS) is 1. The third kappa shape index (κ3) is 6.47. The first kappa shape index (κ1) is 14.4. The first-order valence-electron chi connectivity index (χ1n) is 5.53. The molecule has 0 saturated heterocycles. The first-order chi connectivity index (χ1) is 6.99. The van der Waals surface area contributed by atoms with E-state index < -0.39 is 5.97 Å². The molecule has 0 saturated carbocycles. The Labute approximate surface area is 92.2 Å². The zero-order valence-electron chi connectivity index (χ0n) is 10.2. The largest absolute Gasteiger partial charge is 0.480 e. The van der Waals surface area contributed by atoms with Crippen molar-refractivity contribution in [3.63, 3.8) is 0 Å². The second-order valence-electron chi connectivity index (χ2n) is 4.04. The quantitative estimate of drug-likeness (QED) is 0.671. The van der Waals surface area contributed by atoms with Crippen LogP contribution in [0.1, 0.15) is 33.6 Å². The van der Waals surface area contributed by atoms with Gasteiger partial charge in [-0.1, -0.05) is 13.3 Å². The summed E-state index contributed by atoms with van der Waals surface area (Å²) in [5, 5.41) is 9.00. The fourth-order valence-corrected chi connectivity index (χ4v) is 1.39. The zero-order chi connectivity index (χ0) is 11.8. The van der Waals surface area contributed by atoms with Gasteiger partial charge in [0.1, 0.15) is 6.04 Å². The SMILES string of the molecule is CCCC(C(=O)O)N(C)CCOC(C)C. The standard InChI is InChI=1S/C11H23NO3/c1-5-6-10(11(13)14)12(4)7-8-15-9(2)3/h9-10H,5-8H2,1-4H3,(H,13,14). The Kier molecular flexibility index (Phi) is 7.34. The number of hydrogen-bond acceptors (Lipinski definition) is 3. The summed E-state index contributed by atoms with van der Waals surface area (Å²) in [6.45, 7) is 7.19. The van der Waals surface area contributed by atoms with Crippen LogP contribution in [0.25, 0.3) is 0 Å². The summed E-state index contributed by atoms with van der Waals surface area (Å²) in [7, 11) is 1.83. The fourth-order valence-electron chi connectivity index (χ4n) is 1.39. The van der Waals surface area contributed by atoms with Crippen molar-refractivity contribution in [2.45, 2.75) is 45.8 Å². The van der Waals surface area contributed by atoms with Gasteiger partial charge in [-0.15, -0.1) is 0 Å². The molecule has 0 aliphatic carbocycles. The van der Waals surface area contributed by atoms with E-state index in [1.165, 1.54) is 0 Å². The maximum absolute atomic E-state index is 10.9. The molecule has 15 heavy (non-hydrogen) atoms. The van der Waals surface area contributed by atoms with E-state index in [1.54, 1.807) is 0 Å². The van der Waals surface area contributed by atoms with Crippen molar-refractivity contribution in [1.82, 2.24) is 4.90 Å². The molecule has 0 aromatic rings. The summed E-state index contributed by atoms with van der Waals surface area (Å²) in [5.41, 5.74) is 0. The molecule has 0 rings (SSSR count). The lowest BCUT2D eigenvalue weighted by atomic mass is 10.1. The number of hydrogen-bond donors (Lipinski definition) is 1. The molecule has 0 bridgehead atoms. The molecular formula is C11H23NO3. The van der Waals surface area contributed by atoms with Gasteiger partial charge in [-0.05, 0) is 27.3 Å². The van der Waals surface area contributed by atoms with Crippen molar-refractivity contribution in [2.24, 2.45) is 0 Å². The van der Waals surface area contributed by atoms with Crippen LogP contribution in [0.4, 0.5) is 0 Å². The van der Waals surface area contributed by atoms with E-state index in [4.69, 9.17) is 9.84 Å². The molecule has 0 fully saturated rings. The van der Waals surface area contributed by atoms with E-state index in [2.05, 4.69) is 0 Å². The summed E-state index contributed by atoms with van der Waals surface area (Å²) in [4.78, 5) is 12.8. The van der Waals surface area contributed by atoms with Crippen LogP contribution in [0.3, 0.4) is 0 Å². The van der Waals surface area contributed by atoms with Crippen LogP contribution in [0, 0.1) is 0 Å². The number of likely N-dealkylation sites (N-methyl/N-ethyl adjacent to an activating group) is 1. The molecule has 4 nitrogen and oxygen atoms in total. The normalized spacial score (nSPS) is 13.5. The molecule has 0 heterocycles. The number of rotatable bonds is 8. The van der Waals surface area contributed by atoms with Crippen LogP contribution < -0.4 is 0 Å². The van der Waals surface area contributed by atoms with E-state index in [9.17, 15) is 4.79 Å². The van der Waals surface area contributed by atoms with E-state index in [0.717, 1.165) is 6.42 Å². The van der Waals surface area contributed by atoms with Crippen molar-refractivity contribution in [2.75, 3.05) is 20.2 Å². The zero-order valence-corrected chi connectivity index (χ0v) is 10.2. The second kappa shape index (κ2) is 7.65. The molecule has 0 aliphatic rings. The van der Waals surface area contributed by atoms with E-state index in [1.807, 2.05) is 32.7 Å². The Morgan fingerprint density at radius 1 is 1.47 bits per heavy atom. The highest BCUT2D eigenvalue weighted by molar-refractivity contribution is 5.73. The molecule has 0 aromatic heterocycles. The Morgan fingerprint density at radius 3 is 2.47 bits per heavy atom. The minimum absolute atomic E-state index is 0.202. The van der Waals surface area contributed by atoms with Gasteiger partial charge in [0.15, 0.2) is 0 Å². The van der Waals surface area contributed by atoms with Crippen LogP contribution in [0.2, 0.25) is 0 Å². The van der Waals surface area contributed by atoms with Gasteiger partial charge in [-0.2, -0.15) is 0 Å². The highest BCUT2D eigenvalue weighted by Crippen LogP contribution is 2.05. The average Bonchev–Trinajstić information content (AvgIpc) is 2.12. The number of carboxylic acids is 1. The molecule has 1 N–H and O–H groups in total. The van der Waals surface area contributed by atoms with Crippen LogP contribution in [-0.2, 0) is 9.53 Å². The van der Waals surface area contributed by atoms with Crippen molar-refractivity contribution < 1.29 is 14.6 Å². The molecule has 0 aromatic carbocycles. The van der Waals surface area contributed by atoms with Gasteiger partial charge in [-0.3, -0.25) is 9.69 Å². The van der Waals surface area contributed by atoms with Gasteiger partial charge in [0.05, 0.1) is 12.7 Å². The Hall–Kier alpha value is -0.610. The molecule has 1 atom stereocenters. The number of ether oxygens (including phenoxy) is 1. The lowest BCUT2D eigenvalue weighted by Crippen LogP contribution is -2.40. The Balaban J connectivity index is 3.91. The molecule has 0 spiro atoms. The van der Waals surface area contributed by atoms with Crippen molar-refractivity contribution >= 4 is 5.97 Å². The van der Waals surface area contributed by atoms with Crippen molar-refractivity contribution in [1.29, 1.82) is 0 Å². The van der Waals surface area contributed by atoms with Crippen LogP contribution >= 0.6 is 0 Å². The van der Waals surface area contributed by atoms with Crippen molar-refractivity contribution in [3.05, 3.63) is 0 Å². The van der Waals surface area contributed by atoms with Gasteiger partial charge in [0.25, 0.3) is 0 Å². The maximum atomic E-state index is 10.9. The summed E-state index contributed by atoms with van der Waals surface area (Å²) < 4.78 is 5.39. The van der Waals surface area contributed by atoms with Crippen LogP contribution in [-0.4, -0.2) is 48.3 Å². The summed E-state index contributed by atoms with van der Waals surface area (Å²) in [6, 6.07) is -0.384. The van der Waals surface area contributed by atoms with Gasteiger partial charge in [0.2, 0.25) is 0 Å². The van der Waals surface area contributed by atoms with Crippen LogP contribution in [0.15, 0.2) is 0 Å². The van der Waals surface area contributed by atoms with E-state index in [0.29, 0.717) is 19.6 Å². The summed E-state index contributed by atoms with van der Waals surface area (Å²) >= 11 is 0. The van der Waals surface area contributed by atoms with Gasteiger partial charge in [-0.25, -0.2) is 0 Å². The monoisotopic (exact) mass is 217 g/mol.